The quantitative estimate of drug-likeness (QED) is 0.828. The van der Waals surface area contributed by atoms with Gasteiger partial charge in [0.25, 0.3) is 0 Å². The van der Waals surface area contributed by atoms with E-state index in [0.29, 0.717) is 11.5 Å². The Labute approximate surface area is 96.3 Å². The highest BCUT2D eigenvalue weighted by Crippen LogP contribution is 2.21. The summed E-state index contributed by atoms with van der Waals surface area (Å²) in [6.45, 7) is 0. The first kappa shape index (κ1) is 11.1. The Morgan fingerprint density at radius 3 is 2.71 bits per heavy atom. The fourth-order valence-corrected chi connectivity index (χ4v) is 1.25. The average molecular weight is 233 g/mol. The molecule has 1 aromatic heterocycles. The van der Waals surface area contributed by atoms with Crippen molar-refractivity contribution in [3.63, 3.8) is 0 Å². The molecule has 0 saturated carbocycles. The summed E-state index contributed by atoms with van der Waals surface area (Å²) in [5.74, 6) is -0.934. The Hall–Kier alpha value is -2.43. The molecule has 1 heterocycles. The summed E-state index contributed by atoms with van der Waals surface area (Å²) in [7, 11) is 0. The number of rotatable bonds is 3. The lowest BCUT2D eigenvalue weighted by atomic mass is 10.2. The van der Waals surface area contributed by atoms with Crippen LogP contribution in [0.1, 0.15) is 10.4 Å². The third kappa shape index (κ3) is 2.78. The van der Waals surface area contributed by atoms with Gasteiger partial charge in [0, 0.05) is 0 Å². The summed E-state index contributed by atoms with van der Waals surface area (Å²) in [6, 6.07) is 8.58. The topological polar surface area (TPSA) is 59.4 Å². The van der Waals surface area contributed by atoms with E-state index in [-0.39, 0.29) is 5.56 Å². The number of hydrogen-bond acceptors (Lipinski definition) is 3. The number of aromatic nitrogens is 1. The van der Waals surface area contributed by atoms with Gasteiger partial charge in [-0.05, 0) is 30.3 Å². The first-order valence-corrected chi connectivity index (χ1v) is 4.78. The van der Waals surface area contributed by atoms with Crippen LogP contribution in [0.3, 0.4) is 0 Å². The minimum Gasteiger partial charge on any atom is -0.478 e. The monoisotopic (exact) mass is 233 g/mol. The van der Waals surface area contributed by atoms with E-state index < -0.39 is 11.9 Å². The maximum atomic E-state index is 12.6. The second-order valence-electron chi connectivity index (χ2n) is 3.25. The Balaban J connectivity index is 2.21. The highest BCUT2D eigenvalue weighted by molar-refractivity contribution is 5.88. The molecule has 0 bridgehead atoms. The molecular formula is C12H8FNO3. The molecule has 17 heavy (non-hydrogen) atoms. The smallest absolute Gasteiger partial charge is 0.335 e. The second-order valence-corrected chi connectivity index (χ2v) is 3.25. The molecule has 0 spiro atoms. The van der Waals surface area contributed by atoms with Crippen molar-refractivity contribution in [3.8, 4) is 11.5 Å². The van der Waals surface area contributed by atoms with Crippen molar-refractivity contribution >= 4 is 5.97 Å². The Bertz CT molecular complexity index is 540. The predicted molar refractivity (Wildman–Crippen MR) is 57.7 cm³/mol. The van der Waals surface area contributed by atoms with Gasteiger partial charge < -0.3 is 9.84 Å². The molecule has 1 N–H and O–H groups in total. The third-order valence-corrected chi connectivity index (χ3v) is 2.02. The summed E-state index contributed by atoms with van der Waals surface area (Å²) in [5.41, 5.74) is 0.123. The van der Waals surface area contributed by atoms with Crippen LogP contribution < -0.4 is 4.74 Å². The third-order valence-electron chi connectivity index (χ3n) is 2.02. The number of carbonyl (C=O) groups is 1. The van der Waals surface area contributed by atoms with E-state index in [9.17, 15) is 9.18 Å². The van der Waals surface area contributed by atoms with E-state index in [4.69, 9.17) is 9.84 Å². The number of pyridine rings is 1. The van der Waals surface area contributed by atoms with Gasteiger partial charge in [0.1, 0.15) is 11.5 Å². The van der Waals surface area contributed by atoms with E-state index in [1.165, 1.54) is 24.4 Å². The zero-order valence-electron chi connectivity index (χ0n) is 8.63. The molecular weight excluding hydrogens is 225 g/mol. The van der Waals surface area contributed by atoms with Crippen molar-refractivity contribution in [3.05, 3.63) is 54.1 Å². The molecule has 1 aromatic carbocycles. The summed E-state index contributed by atoms with van der Waals surface area (Å²) in [4.78, 5) is 14.2. The van der Waals surface area contributed by atoms with Gasteiger partial charge in [-0.1, -0.05) is 6.07 Å². The highest BCUT2D eigenvalue weighted by Gasteiger charge is 2.04. The number of carboxylic acids is 1. The lowest BCUT2D eigenvalue weighted by Gasteiger charge is -2.05. The van der Waals surface area contributed by atoms with Gasteiger partial charge in [0.05, 0.1) is 11.8 Å². The van der Waals surface area contributed by atoms with Crippen molar-refractivity contribution in [2.75, 3.05) is 0 Å². The van der Waals surface area contributed by atoms with Crippen LogP contribution in [0, 0.1) is 5.95 Å². The minimum atomic E-state index is -1.03. The molecule has 2 aromatic rings. The van der Waals surface area contributed by atoms with Crippen LogP contribution in [-0.2, 0) is 0 Å². The van der Waals surface area contributed by atoms with Crippen LogP contribution in [0.2, 0.25) is 0 Å². The number of ether oxygens (including phenoxy) is 1. The van der Waals surface area contributed by atoms with E-state index in [1.54, 1.807) is 12.1 Å². The standard InChI is InChI=1S/C12H8FNO3/c13-11-5-4-10(7-14-11)17-9-3-1-2-8(6-9)12(15)16/h1-7H,(H,15,16). The number of aromatic carboxylic acids is 1. The number of benzene rings is 1. The van der Waals surface area contributed by atoms with E-state index in [1.807, 2.05) is 0 Å². The summed E-state index contributed by atoms with van der Waals surface area (Å²) in [6.07, 6.45) is 1.22. The summed E-state index contributed by atoms with van der Waals surface area (Å²) in [5, 5.41) is 8.79. The van der Waals surface area contributed by atoms with E-state index >= 15 is 0 Å². The van der Waals surface area contributed by atoms with Gasteiger partial charge in [-0.3, -0.25) is 0 Å². The SMILES string of the molecule is O=C(O)c1cccc(Oc2ccc(F)nc2)c1. The first-order chi connectivity index (χ1) is 8.15. The molecule has 5 heteroatoms. The predicted octanol–water partition coefficient (Wildman–Crippen LogP) is 2.71. The van der Waals surface area contributed by atoms with E-state index in [2.05, 4.69) is 4.98 Å². The lowest BCUT2D eigenvalue weighted by Crippen LogP contribution is -1.96. The van der Waals surface area contributed by atoms with Crippen molar-refractivity contribution in [1.82, 2.24) is 4.98 Å². The Kier molecular flexibility index (Phi) is 3.00. The van der Waals surface area contributed by atoms with Crippen LogP contribution in [-0.4, -0.2) is 16.1 Å². The molecule has 0 radical (unpaired) electrons. The van der Waals surface area contributed by atoms with Gasteiger partial charge in [0.2, 0.25) is 5.95 Å². The van der Waals surface area contributed by atoms with Crippen LogP contribution in [0.25, 0.3) is 0 Å². The van der Waals surface area contributed by atoms with Crippen molar-refractivity contribution in [2.24, 2.45) is 0 Å². The minimum absolute atomic E-state index is 0.123. The highest BCUT2D eigenvalue weighted by atomic mass is 19.1. The molecule has 0 fully saturated rings. The summed E-state index contributed by atoms with van der Waals surface area (Å²) >= 11 is 0. The Morgan fingerprint density at radius 1 is 1.24 bits per heavy atom. The molecule has 0 unspecified atom stereocenters. The zero-order valence-corrected chi connectivity index (χ0v) is 8.63. The fourth-order valence-electron chi connectivity index (χ4n) is 1.25. The van der Waals surface area contributed by atoms with Crippen LogP contribution >= 0.6 is 0 Å². The number of carboxylic acid groups (broad SMARTS) is 1. The maximum Gasteiger partial charge on any atom is 0.335 e. The molecule has 4 nitrogen and oxygen atoms in total. The second kappa shape index (κ2) is 4.61. The van der Waals surface area contributed by atoms with Gasteiger partial charge in [-0.15, -0.1) is 0 Å². The molecule has 0 atom stereocenters. The molecule has 0 aliphatic rings. The van der Waals surface area contributed by atoms with Gasteiger partial charge >= 0.3 is 5.97 Å². The van der Waals surface area contributed by atoms with Gasteiger partial charge in [0.15, 0.2) is 0 Å². The molecule has 86 valence electrons. The normalized spacial score (nSPS) is 9.94. The van der Waals surface area contributed by atoms with Crippen LogP contribution in [0.15, 0.2) is 42.6 Å². The fraction of sp³-hybridized carbons (Fsp3) is 0. The van der Waals surface area contributed by atoms with Crippen molar-refractivity contribution < 1.29 is 19.0 Å². The Morgan fingerprint density at radius 2 is 2.06 bits per heavy atom. The largest absolute Gasteiger partial charge is 0.478 e. The number of hydrogen-bond donors (Lipinski definition) is 1. The zero-order chi connectivity index (χ0) is 12.3. The van der Waals surface area contributed by atoms with Gasteiger partial charge in [-0.2, -0.15) is 4.39 Å². The van der Waals surface area contributed by atoms with Crippen LogP contribution in [0.4, 0.5) is 4.39 Å². The maximum absolute atomic E-state index is 12.6. The molecule has 0 aliphatic carbocycles. The van der Waals surface area contributed by atoms with E-state index in [0.717, 1.165) is 6.07 Å². The molecule has 0 aliphatic heterocycles. The molecule has 0 amide bonds. The van der Waals surface area contributed by atoms with Crippen molar-refractivity contribution in [2.45, 2.75) is 0 Å². The summed E-state index contributed by atoms with van der Waals surface area (Å²) < 4.78 is 17.9. The number of halogens is 1. The van der Waals surface area contributed by atoms with Crippen molar-refractivity contribution in [1.29, 1.82) is 0 Å². The molecule has 2 rings (SSSR count). The van der Waals surface area contributed by atoms with Crippen LogP contribution in [0.5, 0.6) is 11.5 Å². The van der Waals surface area contributed by atoms with Gasteiger partial charge in [-0.25, -0.2) is 9.78 Å². The number of nitrogens with zero attached hydrogens (tertiary/aromatic N) is 1. The first-order valence-electron chi connectivity index (χ1n) is 4.78. The average Bonchev–Trinajstić information content (AvgIpc) is 2.32. The lowest BCUT2D eigenvalue weighted by molar-refractivity contribution is 0.0696. The molecule has 0 saturated heterocycles.